The molecule has 9 heteroatoms. The van der Waals surface area contributed by atoms with Crippen LogP contribution < -0.4 is 0 Å². The molecule has 3 fully saturated rings. The molecule has 1 aromatic rings. The van der Waals surface area contributed by atoms with Crippen molar-refractivity contribution in [2.24, 2.45) is 17.8 Å². The van der Waals surface area contributed by atoms with E-state index in [1.165, 1.54) is 28.6 Å². The Morgan fingerprint density at radius 1 is 1.16 bits per heavy atom. The summed E-state index contributed by atoms with van der Waals surface area (Å²) in [4.78, 5) is 25.2. The highest BCUT2D eigenvalue weighted by atomic mass is 32.2. The van der Waals surface area contributed by atoms with Gasteiger partial charge in [0.2, 0.25) is 5.91 Å². The second kappa shape index (κ2) is 6.07. The van der Waals surface area contributed by atoms with Crippen molar-refractivity contribution in [1.29, 1.82) is 0 Å². The quantitative estimate of drug-likeness (QED) is 0.826. The lowest BCUT2D eigenvalue weighted by Crippen LogP contribution is -2.50. The van der Waals surface area contributed by atoms with Gasteiger partial charge in [-0.1, -0.05) is 0 Å². The van der Waals surface area contributed by atoms with Gasteiger partial charge in [-0.2, -0.15) is 4.31 Å². The van der Waals surface area contributed by atoms with Crippen molar-refractivity contribution in [2.75, 3.05) is 26.2 Å². The number of thiophene rings is 1. The molecule has 2 saturated carbocycles. The Morgan fingerprint density at radius 2 is 1.84 bits per heavy atom. The first-order chi connectivity index (χ1) is 11.9. The van der Waals surface area contributed by atoms with E-state index in [1.807, 2.05) is 0 Å². The van der Waals surface area contributed by atoms with E-state index >= 15 is 0 Å². The lowest BCUT2D eigenvalue weighted by Gasteiger charge is -2.34. The van der Waals surface area contributed by atoms with Gasteiger partial charge in [0.25, 0.3) is 10.0 Å². The lowest BCUT2D eigenvalue weighted by molar-refractivity contribution is -0.134. The van der Waals surface area contributed by atoms with Gasteiger partial charge in [0.1, 0.15) is 4.21 Å². The summed E-state index contributed by atoms with van der Waals surface area (Å²) in [6.07, 6.45) is 3.49. The van der Waals surface area contributed by atoms with Crippen molar-refractivity contribution in [3.63, 3.8) is 0 Å². The molecule has 0 spiro atoms. The van der Waals surface area contributed by atoms with E-state index in [0.717, 1.165) is 23.7 Å². The number of piperazine rings is 1. The minimum absolute atomic E-state index is 0.0164. The molecular formula is C16H20N2O5S2. The van der Waals surface area contributed by atoms with Crippen LogP contribution in [0.1, 0.15) is 29.6 Å². The van der Waals surface area contributed by atoms with E-state index in [-0.39, 0.29) is 34.7 Å². The van der Waals surface area contributed by atoms with Gasteiger partial charge in [-0.3, -0.25) is 4.79 Å². The maximum atomic E-state index is 12.6. The van der Waals surface area contributed by atoms with E-state index in [9.17, 15) is 18.0 Å². The summed E-state index contributed by atoms with van der Waals surface area (Å²) in [6, 6.07) is 1.20. The highest BCUT2D eigenvalue weighted by Gasteiger charge is 2.52. The van der Waals surface area contributed by atoms with Crippen LogP contribution in [0.4, 0.5) is 0 Å². The highest BCUT2D eigenvalue weighted by Crippen LogP contribution is 2.54. The number of carboxylic acids is 1. The Kier molecular flexibility index (Phi) is 4.12. The number of hydrogen-bond donors (Lipinski definition) is 1. The molecule has 3 aliphatic rings. The topological polar surface area (TPSA) is 95.0 Å². The Bertz CT molecular complexity index is 806. The number of carboxylic acid groups (broad SMARTS) is 1. The zero-order chi connectivity index (χ0) is 17.8. The summed E-state index contributed by atoms with van der Waals surface area (Å²) in [5.74, 6) is 0.514. The molecule has 136 valence electrons. The van der Waals surface area contributed by atoms with E-state index in [1.54, 1.807) is 4.90 Å². The van der Waals surface area contributed by atoms with Crippen LogP contribution in [-0.4, -0.2) is 60.8 Å². The molecule has 1 aliphatic heterocycles. The Labute approximate surface area is 150 Å². The van der Waals surface area contributed by atoms with Gasteiger partial charge >= 0.3 is 5.97 Å². The molecule has 2 heterocycles. The zero-order valence-electron chi connectivity index (χ0n) is 13.6. The molecule has 1 saturated heterocycles. The average molecular weight is 384 g/mol. The van der Waals surface area contributed by atoms with E-state index in [4.69, 9.17) is 5.11 Å². The van der Waals surface area contributed by atoms with Gasteiger partial charge < -0.3 is 10.0 Å². The zero-order valence-corrected chi connectivity index (χ0v) is 15.3. The molecule has 0 radical (unpaired) electrons. The normalized spacial score (nSPS) is 27.3. The van der Waals surface area contributed by atoms with Crippen LogP contribution in [0.5, 0.6) is 0 Å². The molecule has 4 rings (SSSR count). The van der Waals surface area contributed by atoms with Crippen molar-refractivity contribution in [2.45, 2.75) is 23.5 Å². The molecule has 2 atom stereocenters. The molecule has 7 nitrogen and oxygen atoms in total. The van der Waals surface area contributed by atoms with E-state index in [2.05, 4.69) is 0 Å². The van der Waals surface area contributed by atoms with Crippen LogP contribution in [0.15, 0.2) is 15.7 Å². The number of carbonyl (C=O) groups is 2. The highest BCUT2D eigenvalue weighted by molar-refractivity contribution is 7.91. The Balaban J connectivity index is 1.37. The van der Waals surface area contributed by atoms with Crippen molar-refractivity contribution in [1.82, 2.24) is 9.21 Å². The van der Waals surface area contributed by atoms with Crippen molar-refractivity contribution >= 4 is 33.2 Å². The number of hydrogen-bond acceptors (Lipinski definition) is 5. The average Bonchev–Trinajstić information content (AvgIpc) is 3.50. The van der Waals surface area contributed by atoms with Gasteiger partial charge in [0.05, 0.1) is 5.56 Å². The fourth-order valence-electron chi connectivity index (χ4n) is 3.62. The van der Waals surface area contributed by atoms with Crippen LogP contribution in [0.25, 0.3) is 0 Å². The minimum Gasteiger partial charge on any atom is -0.478 e. The standard InChI is InChI=1S/C16H20N2O5S2/c19-15(13-8-12(13)10-1-2-10)17-3-5-18(6-4-17)25(22,23)14-7-11(9-24-14)16(20)21/h7,9-10,12-13H,1-6,8H2,(H,20,21). The smallest absolute Gasteiger partial charge is 0.336 e. The van der Waals surface area contributed by atoms with Crippen LogP contribution in [0.3, 0.4) is 0 Å². The van der Waals surface area contributed by atoms with Gasteiger partial charge in [-0.05, 0) is 37.2 Å². The first kappa shape index (κ1) is 17.0. The first-order valence-electron chi connectivity index (χ1n) is 8.48. The number of nitrogens with zero attached hydrogens (tertiary/aromatic N) is 2. The largest absolute Gasteiger partial charge is 0.478 e. The maximum Gasteiger partial charge on any atom is 0.336 e. The third kappa shape index (κ3) is 3.20. The number of rotatable bonds is 5. The number of carbonyl (C=O) groups excluding carboxylic acids is 1. The van der Waals surface area contributed by atoms with Gasteiger partial charge in [0, 0.05) is 37.5 Å². The monoisotopic (exact) mass is 384 g/mol. The van der Waals surface area contributed by atoms with Crippen LogP contribution >= 0.6 is 11.3 Å². The SMILES string of the molecule is O=C(O)c1csc(S(=O)(=O)N2CCN(C(=O)C3CC3C3CC3)CC2)c1. The molecule has 2 aliphatic carbocycles. The summed E-state index contributed by atoms with van der Waals surface area (Å²) < 4.78 is 26.7. The molecular weight excluding hydrogens is 364 g/mol. The van der Waals surface area contributed by atoms with E-state index in [0.29, 0.717) is 19.0 Å². The fraction of sp³-hybridized carbons (Fsp3) is 0.625. The molecule has 1 amide bonds. The lowest BCUT2D eigenvalue weighted by atomic mass is 10.2. The summed E-state index contributed by atoms with van der Waals surface area (Å²) in [7, 11) is -3.69. The first-order valence-corrected chi connectivity index (χ1v) is 10.8. The fourth-order valence-corrected chi connectivity index (χ4v) is 6.35. The van der Waals surface area contributed by atoms with Crippen LogP contribution in [-0.2, 0) is 14.8 Å². The van der Waals surface area contributed by atoms with Gasteiger partial charge in [0.15, 0.2) is 0 Å². The van der Waals surface area contributed by atoms with Crippen molar-refractivity contribution in [3.05, 3.63) is 17.0 Å². The Hall–Kier alpha value is -1.45. The second-order valence-corrected chi connectivity index (χ2v) is 10.1. The summed E-state index contributed by atoms with van der Waals surface area (Å²) in [5.41, 5.74) is -0.0164. The van der Waals surface area contributed by atoms with Crippen molar-refractivity contribution in [3.8, 4) is 0 Å². The predicted molar refractivity (Wildman–Crippen MR) is 90.9 cm³/mol. The predicted octanol–water partition coefficient (Wildman–Crippen LogP) is 1.33. The van der Waals surface area contributed by atoms with Crippen LogP contribution in [0.2, 0.25) is 0 Å². The summed E-state index contributed by atoms with van der Waals surface area (Å²) in [6.45, 7) is 1.33. The molecule has 0 aromatic carbocycles. The summed E-state index contributed by atoms with van der Waals surface area (Å²) in [5, 5.41) is 10.3. The molecule has 1 N–H and O–H groups in total. The van der Waals surface area contributed by atoms with Crippen molar-refractivity contribution < 1.29 is 23.1 Å². The third-order valence-electron chi connectivity index (χ3n) is 5.35. The number of aromatic carboxylic acids is 1. The molecule has 1 aromatic heterocycles. The minimum atomic E-state index is -3.69. The second-order valence-electron chi connectivity index (χ2n) is 7.03. The molecule has 0 bridgehead atoms. The molecule has 25 heavy (non-hydrogen) atoms. The van der Waals surface area contributed by atoms with E-state index < -0.39 is 16.0 Å². The van der Waals surface area contributed by atoms with Gasteiger partial charge in [-0.15, -0.1) is 11.3 Å². The number of amides is 1. The maximum absolute atomic E-state index is 12.6. The Morgan fingerprint density at radius 3 is 2.40 bits per heavy atom. The molecule has 2 unspecified atom stereocenters. The number of sulfonamides is 1. The summed E-state index contributed by atoms with van der Waals surface area (Å²) >= 11 is 0.920. The van der Waals surface area contributed by atoms with Crippen LogP contribution in [0, 0.1) is 17.8 Å². The third-order valence-corrected chi connectivity index (χ3v) is 8.67. The van der Waals surface area contributed by atoms with Gasteiger partial charge in [-0.25, -0.2) is 13.2 Å².